The van der Waals surface area contributed by atoms with Crippen molar-refractivity contribution in [3.8, 4) is 0 Å². The Morgan fingerprint density at radius 3 is 2.39 bits per heavy atom. The first-order valence-electron chi connectivity index (χ1n) is 6.32. The second kappa shape index (κ2) is 6.07. The van der Waals surface area contributed by atoms with E-state index in [2.05, 4.69) is 19.2 Å². The maximum Gasteiger partial charge on any atom is 0.125 e. The molecule has 2 nitrogen and oxygen atoms in total. The lowest BCUT2D eigenvalue weighted by Gasteiger charge is -2.16. The average Bonchev–Trinajstić information content (AvgIpc) is 2.86. The van der Waals surface area contributed by atoms with Crippen LogP contribution in [0, 0.1) is 0 Å². The molecule has 1 heterocycles. The quantitative estimate of drug-likeness (QED) is 0.875. The Kier molecular flexibility index (Phi) is 4.45. The molecule has 2 aromatic rings. The first kappa shape index (κ1) is 13.2. The number of rotatable bonds is 5. The molecule has 1 atom stereocenters. The van der Waals surface area contributed by atoms with Crippen molar-refractivity contribution in [1.29, 1.82) is 0 Å². The van der Waals surface area contributed by atoms with E-state index in [-0.39, 0.29) is 6.04 Å². The van der Waals surface area contributed by atoms with Crippen LogP contribution in [0.25, 0.3) is 0 Å². The molecule has 0 amide bonds. The van der Waals surface area contributed by atoms with Crippen molar-refractivity contribution in [2.24, 2.45) is 0 Å². The first-order valence-corrected chi connectivity index (χ1v) is 6.69. The topological polar surface area (TPSA) is 25.2 Å². The molecule has 0 bridgehead atoms. The number of hydrogen-bond acceptors (Lipinski definition) is 2. The molecular formula is C15H18ClNO. The van der Waals surface area contributed by atoms with Crippen LogP contribution in [0.3, 0.4) is 0 Å². The molecule has 0 radical (unpaired) electrons. The standard InChI is InChI=1S/C15H18ClNO/c1-3-13-9-10-14(18-13)15(17-4-2)11-5-7-12(16)8-6-11/h5-10,15,17H,3-4H2,1-2H3. The zero-order valence-electron chi connectivity index (χ0n) is 10.7. The summed E-state index contributed by atoms with van der Waals surface area (Å²) in [5.74, 6) is 1.97. The molecule has 2 rings (SSSR count). The molecule has 96 valence electrons. The van der Waals surface area contributed by atoms with Crippen LogP contribution in [0.5, 0.6) is 0 Å². The van der Waals surface area contributed by atoms with Gasteiger partial charge in [-0.3, -0.25) is 0 Å². The van der Waals surface area contributed by atoms with Gasteiger partial charge in [-0.25, -0.2) is 0 Å². The van der Waals surface area contributed by atoms with Gasteiger partial charge in [0.25, 0.3) is 0 Å². The van der Waals surface area contributed by atoms with Crippen molar-refractivity contribution in [2.45, 2.75) is 26.3 Å². The molecule has 0 aliphatic carbocycles. The molecule has 1 N–H and O–H groups in total. The number of aryl methyl sites for hydroxylation is 1. The van der Waals surface area contributed by atoms with Gasteiger partial charge in [-0.15, -0.1) is 0 Å². The van der Waals surface area contributed by atoms with Crippen molar-refractivity contribution in [2.75, 3.05) is 6.54 Å². The van der Waals surface area contributed by atoms with Gasteiger partial charge in [0.15, 0.2) is 0 Å². The summed E-state index contributed by atoms with van der Waals surface area (Å²) in [6, 6.07) is 12.0. The summed E-state index contributed by atoms with van der Waals surface area (Å²) in [6.07, 6.45) is 0.916. The fraction of sp³-hybridized carbons (Fsp3) is 0.333. The third-order valence-corrected chi connectivity index (χ3v) is 3.18. The summed E-state index contributed by atoms with van der Waals surface area (Å²) in [5, 5.41) is 4.19. The highest BCUT2D eigenvalue weighted by atomic mass is 35.5. The van der Waals surface area contributed by atoms with Crippen LogP contribution in [-0.4, -0.2) is 6.54 Å². The van der Waals surface area contributed by atoms with Crippen LogP contribution in [0.15, 0.2) is 40.8 Å². The third-order valence-electron chi connectivity index (χ3n) is 2.93. The van der Waals surface area contributed by atoms with Crippen LogP contribution < -0.4 is 5.32 Å². The molecule has 0 saturated carbocycles. The minimum Gasteiger partial charge on any atom is -0.464 e. The number of hydrogen-bond donors (Lipinski definition) is 1. The van der Waals surface area contributed by atoms with Gasteiger partial charge in [0.1, 0.15) is 11.5 Å². The summed E-state index contributed by atoms with van der Waals surface area (Å²) < 4.78 is 5.84. The Balaban J connectivity index is 2.29. The van der Waals surface area contributed by atoms with Gasteiger partial charge < -0.3 is 9.73 Å². The lowest BCUT2D eigenvalue weighted by molar-refractivity contribution is 0.426. The van der Waals surface area contributed by atoms with Crippen molar-refractivity contribution < 1.29 is 4.42 Å². The molecule has 1 aromatic carbocycles. The predicted octanol–water partition coefficient (Wildman–Crippen LogP) is 4.19. The van der Waals surface area contributed by atoms with E-state index in [4.69, 9.17) is 16.0 Å². The van der Waals surface area contributed by atoms with E-state index in [9.17, 15) is 0 Å². The maximum atomic E-state index is 5.92. The Morgan fingerprint density at radius 2 is 1.83 bits per heavy atom. The molecule has 1 aromatic heterocycles. The van der Waals surface area contributed by atoms with Crippen LogP contribution >= 0.6 is 11.6 Å². The van der Waals surface area contributed by atoms with E-state index >= 15 is 0 Å². The summed E-state index contributed by atoms with van der Waals surface area (Å²) in [5.41, 5.74) is 1.17. The number of furan rings is 1. The van der Waals surface area contributed by atoms with Gasteiger partial charge in [0, 0.05) is 11.4 Å². The molecule has 0 saturated heterocycles. The zero-order valence-corrected chi connectivity index (χ0v) is 11.5. The second-order valence-corrected chi connectivity index (χ2v) is 4.64. The second-order valence-electron chi connectivity index (χ2n) is 4.20. The lowest BCUT2D eigenvalue weighted by atomic mass is 10.0. The number of halogens is 1. The highest BCUT2D eigenvalue weighted by molar-refractivity contribution is 6.30. The van der Waals surface area contributed by atoms with Gasteiger partial charge in [0.2, 0.25) is 0 Å². The van der Waals surface area contributed by atoms with Crippen molar-refractivity contribution in [3.63, 3.8) is 0 Å². The van der Waals surface area contributed by atoms with Crippen LogP contribution in [-0.2, 0) is 6.42 Å². The largest absolute Gasteiger partial charge is 0.464 e. The molecule has 0 spiro atoms. The first-order chi connectivity index (χ1) is 8.74. The van der Waals surface area contributed by atoms with E-state index < -0.39 is 0 Å². The Bertz CT molecular complexity index is 489. The van der Waals surface area contributed by atoms with Gasteiger partial charge in [-0.2, -0.15) is 0 Å². The highest BCUT2D eigenvalue weighted by Gasteiger charge is 2.16. The minimum atomic E-state index is 0.0903. The Hall–Kier alpha value is -1.25. The van der Waals surface area contributed by atoms with E-state index in [1.54, 1.807) is 0 Å². The fourth-order valence-corrected chi connectivity index (χ4v) is 2.11. The number of benzene rings is 1. The molecule has 18 heavy (non-hydrogen) atoms. The monoisotopic (exact) mass is 263 g/mol. The van der Waals surface area contributed by atoms with Crippen molar-refractivity contribution in [1.82, 2.24) is 5.32 Å². The lowest BCUT2D eigenvalue weighted by Crippen LogP contribution is -2.21. The fourth-order valence-electron chi connectivity index (χ4n) is 1.98. The van der Waals surface area contributed by atoms with Gasteiger partial charge in [-0.05, 0) is 36.4 Å². The summed E-state index contributed by atoms with van der Waals surface area (Å²) >= 11 is 5.92. The Labute approximate surface area is 113 Å². The van der Waals surface area contributed by atoms with Gasteiger partial charge >= 0.3 is 0 Å². The average molecular weight is 264 g/mol. The SMILES string of the molecule is CCNC(c1ccc(Cl)cc1)c1ccc(CC)o1. The molecular weight excluding hydrogens is 246 g/mol. The smallest absolute Gasteiger partial charge is 0.125 e. The third kappa shape index (κ3) is 2.95. The highest BCUT2D eigenvalue weighted by Crippen LogP contribution is 2.25. The summed E-state index contributed by atoms with van der Waals surface area (Å²) in [7, 11) is 0. The summed E-state index contributed by atoms with van der Waals surface area (Å²) in [6.45, 7) is 5.06. The van der Waals surface area contributed by atoms with Crippen LogP contribution in [0.4, 0.5) is 0 Å². The van der Waals surface area contributed by atoms with Crippen LogP contribution in [0.2, 0.25) is 5.02 Å². The predicted molar refractivity (Wildman–Crippen MR) is 75.1 cm³/mol. The molecule has 3 heteroatoms. The molecule has 0 fully saturated rings. The van der Waals surface area contributed by atoms with E-state index in [1.165, 1.54) is 5.56 Å². The van der Waals surface area contributed by atoms with E-state index in [1.807, 2.05) is 36.4 Å². The normalized spacial score (nSPS) is 12.6. The minimum absolute atomic E-state index is 0.0903. The van der Waals surface area contributed by atoms with Crippen LogP contribution in [0.1, 0.15) is 37.0 Å². The zero-order chi connectivity index (χ0) is 13.0. The van der Waals surface area contributed by atoms with E-state index in [0.29, 0.717) is 0 Å². The van der Waals surface area contributed by atoms with Crippen molar-refractivity contribution in [3.05, 3.63) is 58.5 Å². The summed E-state index contributed by atoms with van der Waals surface area (Å²) in [4.78, 5) is 0. The van der Waals surface area contributed by atoms with Crippen molar-refractivity contribution >= 4 is 11.6 Å². The Morgan fingerprint density at radius 1 is 1.11 bits per heavy atom. The van der Waals surface area contributed by atoms with Gasteiger partial charge in [-0.1, -0.05) is 37.6 Å². The van der Waals surface area contributed by atoms with Gasteiger partial charge in [0.05, 0.1) is 6.04 Å². The van der Waals surface area contributed by atoms with E-state index in [0.717, 1.165) is 29.5 Å². The molecule has 0 aliphatic rings. The molecule has 0 aliphatic heterocycles. The maximum absolute atomic E-state index is 5.92. The molecule has 1 unspecified atom stereocenters. The number of nitrogens with one attached hydrogen (secondary N) is 1.